The molecule has 1 aromatic heterocycles. The van der Waals surface area contributed by atoms with Gasteiger partial charge in [0.05, 0.1) is 16.5 Å². The molecule has 7 nitrogen and oxygen atoms in total. The minimum Gasteiger partial charge on any atom is -0.481 e. The molecule has 0 bridgehead atoms. The molecule has 2 aliphatic rings. The summed E-state index contributed by atoms with van der Waals surface area (Å²) in [5.41, 5.74) is 0.137. The summed E-state index contributed by atoms with van der Waals surface area (Å²) in [6.45, 7) is 1.97. The highest BCUT2D eigenvalue weighted by Crippen LogP contribution is 2.43. The average molecular weight is 369 g/mol. The number of aromatic carboxylic acids is 1. The van der Waals surface area contributed by atoms with E-state index in [0.717, 1.165) is 13.0 Å². The van der Waals surface area contributed by atoms with Gasteiger partial charge in [0.15, 0.2) is 0 Å². The molecule has 7 heteroatoms. The Balaban J connectivity index is 1.73. The van der Waals surface area contributed by atoms with Crippen molar-refractivity contribution in [2.24, 2.45) is 5.41 Å². The topological polar surface area (TPSA) is 94.0 Å². The Morgan fingerprint density at radius 2 is 1.96 bits per heavy atom. The van der Waals surface area contributed by atoms with Crippen LogP contribution in [0.1, 0.15) is 29.6 Å². The molecule has 2 aliphatic heterocycles. The van der Waals surface area contributed by atoms with E-state index in [2.05, 4.69) is 9.88 Å². The van der Waals surface area contributed by atoms with Crippen molar-refractivity contribution in [2.45, 2.75) is 25.3 Å². The van der Waals surface area contributed by atoms with Crippen LogP contribution >= 0.6 is 0 Å². The van der Waals surface area contributed by atoms with Crippen LogP contribution in [0.4, 0.5) is 5.82 Å². The standard InChI is InChI=1S/C20H23N3O4/c1-22-9-4-7-20(19(26)27)8-10-23(12-16(20)22)17-11-14(18(24)25)13-5-2-3-6-15(13)21-17/h2-3,5-6,11,16H,4,7-10,12H2,1H3,(H,24,25)(H,26,27)/t16-,20+/m1/s1. The van der Waals surface area contributed by atoms with Crippen molar-refractivity contribution >= 4 is 28.7 Å². The Kier molecular flexibility index (Phi) is 4.26. The van der Waals surface area contributed by atoms with Crippen molar-refractivity contribution in [1.82, 2.24) is 9.88 Å². The number of hydrogen-bond donors (Lipinski definition) is 2. The molecule has 2 N–H and O–H groups in total. The summed E-state index contributed by atoms with van der Waals surface area (Å²) in [6, 6.07) is 8.71. The first-order chi connectivity index (χ1) is 12.9. The fourth-order valence-electron chi connectivity index (χ4n) is 4.69. The van der Waals surface area contributed by atoms with Gasteiger partial charge in [-0.2, -0.15) is 0 Å². The molecule has 142 valence electrons. The van der Waals surface area contributed by atoms with E-state index in [-0.39, 0.29) is 11.6 Å². The van der Waals surface area contributed by atoms with Gasteiger partial charge < -0.3 is 20.0 Å². The zero-order valence-electron chi connectivity index (χ0n) is 15.3. The summed E-state index contributed by atoms with van der Waals surface area (Å²) in [5.74, 6) is -1.11. The van der Waals surface area contributed by atoms with E-state index in [0.29, 0.717) is 42.7 Å². The summed E-state index contributed by atoms with van der Waals surface area (Å²) >= 11 is 0. The molecule has 0 saturated carbocycles. The third-order valence-electron chi connectivity index (χ3n) is 6.21. The highest BCUT2D eigenvalue weighted by Gasteiger charge is 2.52. The molecule has 0 radical (unpaired) electrons. The Bertz CT molecular complexity index is 915. The number of piperidine rings is 2. The second-order valence-electron chi connectivity index (χ2n) is 7.61. The highest BCUT2D eigenvalue weighted by molar-refractivity contribution is 6.03. The maximum Gasteiger partial charge on any atom is 0.336 e. The second kappa shape index (κ2) is 6.49. The predicted octanol–water partition coefficient (Wildman–Crippen LogP) is 2.31. The lowest BCUT2D eigenvalue weighted by molar-refractivity contribution is -0.158. The molecule has 0 spiro atoms. The number of carbonyl (C=O) groups is 2. The minimum atomic E-state index is -0.985. The zero-order valence-corrected chi connectivity index (χ0v) is 15.3. The van der Waals surface area contributed by atoms with E-state index in [1.54, 1.807) is 18.2 Å². The molecule has 0 aliphatic carbocycles. The summed E-state index contributed by atoms with van der Waals surface area (Å²) in [4.78, 5) is 32.6. The number of hydrogen-bond acceptors (Lipinski definition) is 5. The molecule has 3 heterocycles. The van der Waals surface area contributed by atoms with E-state index >= 15 is 0 Å². The van der Waals surface area contributed by atoms with Gasteiger partial charge in [-0.25, -0.2) is 9.78 Å². The Labute approximate surface area is 157 Å². The molecule has 0 amide bonds. The SMILES string of the molecule is CN1CCC[C@]2(C(=O)O)CCN(c3cc(C(=O)O)c4ccccc4n3)C[C@@H]12. The number of nitrogens with zero attached hydrogens (tertiary/aromatic N) is 3. The van der Waals surface area contributed by atoms with Crippen LogP contribution in [0.15, 0.2) is 30.3 Å². The maximum atomic E-state index is 12.1. The van der Waals surface area contributed by atoms with Gasteiger partial charge in [-0.1, -0.05) is 18.2 Å². The lowest BCUT2D eigenvalue weighted by Crippen LogP contribution is -2.63. The minimum absolute atomic E-state index is 0.112. The molecule has 2 aromatic rings. The van der Waals surface area contributed by atoms with E-state index in [9.17, 15) is 19.8 Å². The Morgan fingerprint density at radius 1 is 1.19 bits per heavy atom. The van der Waals surface area contributed by atoms with Crippen LogP contribution < -0.4 is 4.90 Å². The third-order valence-corrected chi connectivity index (χ3v) is 6.21. The Morgan fingerprint density at radius 3 is 2.70 bits per heavy atom. The number of pyridine rings is 1. The molecule has 27 heavy (non-hydrogen) atoms. The van der Waals surface area contributed by atoms with Crippen LogP contribution in [-0.2, 0) is 4.79 Å². The first-order valence-corrected chi connectivity index (χ1v) is 9.24. The van der Waals surface area contributed by atoms with Gasteiger partial charge in [-0.3, -0.25) is 4.79 Å². The molecule has 2 saturated heterocycles. The maximum absolute atomic E-state index is 12.1. The van der Waals surface area contributed by atoms with Crippen molar-refractivity contribution < 1.29 is 19.8 Å². The van der Waals surface area contributed by atoms with Crippen molar-refractivity contribution in [1.29, 1.82) is 0 Å². The van der Waals surface area contributed by atoms with E-state index < -0.39 is 17.4 Å². The zero-order chi connectivity index (χ0) is 19.2. The highest BCUT2D eigenvalue weighted by atomic mass is 16.4. The normalized spacial score (nSPS) is 26.0. The summed E-state index contributed by atoms with van der Waals surface area (Å²) in [7, 11) is 1.97. The van der Waals surface area contributed by atoms with Crippen molar-refractivity contribution in [3.63, 3.8) is 0 Å². The molecule has 2 fully saturated rings. The molecular weight excluding hydrogens is 346 g/mol. The fraction of sp³-hybridized carbons (Fsp3) is 0.450. The number of benzene rings is 1. The predicted molar refractivity (Wildman–Crippen MR) is 101 cm³/mol. The van der Waals surface area contributed by atoms with Gasteiger partial charge in [0.25, 0.3) is 0 Å². The van der Waals surface area contributed by atoms with Crippen LogP contribution in [0.5, 0.6) is 0 Å². The van der Waals surface area contributed by atoms with Crippen LogP contribution in [0, 0.1) is 5.41 Å². The number of aliphatic carboxylic acids is 1. The monoisotopic (exact) mass is 369 g/mol. The number of fused-ring (bicyclic) bond motifs is 2. The molecular formula is C20H23N3O4. The summed E-state index contributed by atoms with van der Waals surface area (Å²) < 4.78 is 0. The van der Waals surface area contributed by atoms with Crippen LogP contribution in [0.3, 0.4) is 0 Å². The summed E-state index contributed by atoms with van der Waals surface area (Å²) in [5, 5.41) is 20.1. The average Bonchev–Trinajstić information content (AvgIpc) is 2.67. The lowest BCUT2D eigenvalue weighted by Gasteiger charge is -2.52. The van der Waals surface area contributed by atoms with E-state index in [1.807, 2.05) is 24.1 Å². The number of carboxylic acid groups (broad SMARTS) is 2. The van der Waals surface area contributed by atoms with Crippen molar-refractivity contribution in [3.8, 4) is 0 Å². The van der Waals surface area contributed by atoms with Crippen LogP contribution in [0.2, 0.25) is 0 Å². The van der Waals surface area contributed by atoms with Gasteiger partial charge in [-0.05, 0) is 45.0 Å². The Hall–Kier alpha value is -2.67. The quantitative estimate of drug-likeness (QED) is 0.857. The number of rotatable bonds is 3. The largest absolute Gasteiger partial charge is 0.481 e. The lowest BCUT2D eigenvalue weighted by atomic mass is 9.68. The van der Waals surface area contributed by atoms with E-state index in [4.69, 9.17) is 0 Å². The molecule has 1 aromatic carbocycles. The van der Waals surface area contributed by atoms with Gasteiger partial charge in [-0.15, -0.1) is 0 Å². The smallest absolute Gasteiger partial charge is 0.336 e. The van der Waals surface area contributed by atoms with E-state index in [1.165, 1.54) is 0 Å². The number of carboxylic acids is 2. The van der Waals surface area contributed by atoms with Crippen LogP contribution in [-0.4, -0.2) is 64.8 Å². The third kappa shape index (κ3) is 2.82. The van der Waals surface area contributed by atoms with Gasteiger partial charge in [0.2, 0.25) is 0 Å². The van der Waals surface area contributed by atoms with Gasteiger partial charge >= 0.3 is 11.9 Å². The number of likely N-dealkylation sites (N-methyl/N-ethyl adjacent to an activating group) is 1. The number of para-hydroxylation sites is 1. The molecule has 4 rings (SSSR count). The summed E-state index contributed by atoms with van der Waals surface area (Å²) in [6.07, 6.45) is 2.11. The second-order valence-corrected chi connectivity index (χ2v) is 7.61. The fourth-order valence-corrected chi connectivity index (χ4v) is 4.69. The van der Waals surface area contributed by atoms with Crippen molar-refractivity contribution in [2.75, 3.05) is 31.6 Å². The number of aromatic nitrogens is 1. The van der Waals surface area contributed by atoms with Crippen molar-refractivity contribution in [3.05, 3.63) is 35.9 Å². The number of anilines is 1. The number of likely N-dealkylation sites (tertiary alicyclic amines) is 1. The van der Waals surface area contributed by atoms with Crippen LogP contribution in [0.25, 0.3) is 10.9 Å². The van der Waals surface area contributed by atoms with Gasteiger partial charge in [0, 0.05) is 24.5 Å². The first-order valence-electron chi connectivity index (χ1n) is 9.24. The molecule has 2 atom stereocenters. The van der Waals surface area contributed by atoms with Gasteiger partial charge in [0.1, 0.15) is 5.82 Å². The molecule has 0 unspecified atom stereocenters. The first kappa shape index (κ1) is 17.7.